The summed E-state index contributed by atoms with van der Waals surface area (Å²) < 4.78 is 16.8. The minimum Gasteiger partial charge on any atom is -0.462 e. The van der Waals surface area contributed by atoms with Gasteiger partial charge in [-0.3, -0.25) is 14.4 Å². The van der Waals surface area contributed by atoms with Crippen LogP contribution in [0.25, 0.3) is 0 Å². The second-order valence-electron chi connectivity index (χ2n) is 20.9. The molecule has 0 radical (unpaired) electrons. The SMILES string of the molecule is CC/C=C\C/C=C\C/C=C\C/C=C\CCC(=O)OCC(COC(=O)CCCCCCCCCCCCCCCCC/C=C\C/C=C\CCCCCCC)OC(=O)CCCCCCC/C=C\CCCCCCCCC. The molecule has 0 aliphatic carbocycles. The number of esters is 3. The topological polar surface area (TPSA) is 78.9 Å². The molecule has 0 aliphatic rings. The van der Waals surface area contributed by atoms with Gasteiger partial charge in [0.05, 0.1) is 0 Å². The minimum atomic E-state index is -0.810. The zero-order valence-electron chi connectivity index (χ0n) is 48.8. The third kappa shape index (κ3) is 59.5. The molecule has 74 heavy (non-hydrogen) atoms. The first-order valence-electron chi connectivity index (χ1n) is 31.6. The number of carbonyl (C=O) groups is 3. The number of rotatable bonds is 57. The smallest absolute Gasteiger partial charge is 0.306 e. The van der Waals surface area contributed by atoms with Crippen LogP contribution in [-0.4, -0.2) is 37.2 Å². The lowest BCUT2D eigenvalue weighted by molar-refractivity contribution is -0.166. The summed E-state index contributed by atoms with van der Waals surface area (Å²) in [7, 11) is 0. The minimum absolute atomic E-state index is 0.100. The highest BCUT2D eigenvalue weighted by molar-refractivity contribution is 5.71. The lowest BCUT2D eigenvalue weighted by atomic mass is 10.0. The van der Waals surface area contributed by atoms with Gasteiger partial charge in [-0.1, -0.05) is 273 Å². The molecule has 0 aromatic carbocycles. The molecule has 0 rings (SSSR count). The van der Waals surface area contributed by atoms with Crippen molar-refractivity contribution < 1.29 is 28.6 Å². The van der Waals surface area contributed by atoms with Gasteiger partial charge in [-0.05, 0) is 103 Å². The predicted molar refractivity (Wildman–Crippen MR) is 321 cm³/mol. The van der Waals surface area contributed by atoms with Gasteiger partial charge in [-0.25, -0.2) is 0 Å². The lowest BCUT2D eigenvalue weighted by Crippen LogP contribution is -2.30. The van der Waals surface area contributed by atoms with E-state index in [4.69, 9.17) is 14.2 Å². The Balaban J connectivity index is 4.29. The quantitative estimate of drug-likeness (QED) is 0.0261. The van der Waals surface area contributed by atoms with Gasteiger partial charge in [-0.2, -0.15) is 0 Å². The average molecular weight is 1030 g/mol. The fourth-order valence-corrected chi connectivity index (χ4v) is 8.89. The molecule has 6 heteroatoms. The fraction of sp³-hybridized carbons (Fsp3) is 0.750. The fourth-order valence-electron chi connectivity index (χ4n) is 8.89. The number of carbonyl (C=O) groups excluding carboxylic acids is 3. The van der Waals surface area contributed by atoms with Crippen molar-refractivity contribution in [1.29, 1.82) is 0 Å². The second kappa shape index (κ2) is 62.1. The van der Waals surface area contributed by atoms with Gasteiger partial charge >= 0.3 is 17.9 Å². The van der Waals surface area contributed by atoms with Crippen LogP contribution in [0.1, 0.15) is 310 Å². The van der Waals surface area contributed by atoms with Crippen LogP contribution in [0.5, 0.6) is 0 Å². The van der Waals surface area contributed by atoms with Crippen molar-refractivity contribution in [3.05, 3.63) is 85.1 Å². The van der Waals surface area contributed by atoms with E-state index < -0.39 is 6.10 Å². The molecule has 0 aromatic rings. The van der Waals surface area contributed by atoms with E-state index in [1.165, 1.54) is 180 Å². The largest absolute Gasteiger partial charge is 0.462 e. The van der Waals surface area contributed by atoms with E-state index in [0.717, 1.165) is 83.5 Å². The highest BCUT2D eigenvalue weighted by Gasteiger charge is 2.19. The van der Waals surface area contributed by atoms with Crippen molar-refractivity contribution in [2.45, 2.75) is 316 Å². The molecule has 0 bridgehead atoms. The molecule has 0 saturated carbocycles. The third-order valence-corrected chi connectivity index (χ3v) is 13.6. The van der Waals surface area contributed by atoms with E-state index in [-0.39, 0.29) is 37.5 Å². The average Bonchev–Trinajstić information content (AvgIpc) is 3.40. The lowest BCUT2D eigenvalue weighted by Gasteiger charge is -2.18. The van der Waals surface area contributed by atoms with E-state index in [9.17, 15) is 14.4 Å². The summed E-state index contributed by atoms with van der Waals surface area (Å²) >= 11 is 0. The van der Waals surface area contributed by atoms with Gasteiger partial charge in [0.1, 0.15) is 13.2 Å². The Morgan fingerprint density at radius 3 is 0.919 bits per heavy atom. The van der Waals surface area contributed by atoms with E-state index in [0.29, 0.717) is 19.3 Å². The van der Waals surface area contributed by atoms with Crippen molar-refractivity contribution in [3.63, 3.8) is 0 Å². The molecule has 426 valence electrons. The highest BCUT2D eigenvalue weighted by atomic mass is 16.6. The molecule has 0 aromatic heterocycles. The first-order chi connectivity index (χ1) is 36.5. The van der Waals surface area contributed by atoms with Crippen molar-refractivity contribution >= 4 is 17.9 Å². The Hall–Kier alpha value is -3.41. The van der Waals surface area contributed by atoms with Crippen LogP contribution in [0.3, 0.4) is 0 Å². The summed E-state index contributed by atoms with van der Waals surface area (Å²) in [6.45, 7) is 6.47. The first-order valence-corrected chi connectivity index (χ1v) is 31.6. The summed E-state index contributed by atoms with van der Waals surface area (Å²) in [4.78, 5) is 38.2. The van der Waals surface area contributed by atoms with Gasteiger partial charge in [0.25, 0.3) is 0 Å². The molecule has 0 aliphatic heterocycles. The van der Waals surface area contributed by atoms with Crippen molar-refractivity contribution in [3.8, 4) is 0 Å². The summed E-state index contributed by atoms with van der Waals surface area (Å²) in [5.74, 6) is -0.984. The van der Waals surface area contributed by atoms with Crippen LogP contribution in [0.4, 0.5) is 0 Å². The Morgan fingerprint density at radius 2 is 0.554 bits per heavy atom. The summed E-state index contributed by atoms with van der Waals surface area (Å²) in [6, 6.07) is 0. The molecule has 0 saturated heterocycles. The molecule has 6 nitrogen and oxygen atoms in total. The van der Waals surface area contributed by atoms with Crippen LogP contribution in [0.15, 0.2) is 85.1 Å². The van der Waals surface area contributed by atoms with Crippen molar-refractivity contribution in [2.75, 3.05) is 13.2 Å². The number of ether oxygens (including phenoxy) is 3. The molecule has 0 fully saturated rings. The normalized spacial score (nSPS) is 12.6. The van der Waals surface area contributed by atoms with Crippen LogP contribution >= 0.6 is 0 Å². The zero-order chi connectivity index (χ0) is 53.6. The molecule has 0 spiro atoms. The number of allylic oxidation sites excluding steroid dienone is 14. The standard InChI is InChI=1S/C68H118O6/c1-4-7-10-13-16-19-22-25-27-29-30-31-32-33-34-35-36-37-38-39-41-43-46-49-52-55-58-61-67(70)73-64-65(63-72-66(69)60-57-54-51-48-45-42-24-21-18-15-12-9-6-3)74-68(71)62-59-56-53-50-47-44-40-28-26-23-20-17-14-11-8-5-2/h9,12,18,21-22,25,28-30,40,42,45,51,54,65H,4-8,10-11,13-17,19-20,23-24,26-27,31-39,41,43-44,46-50,52-53,55-64H2,1-3H3/b12-9-,21-18-,25-22-,30-29-,40-28-,45-42-,54-51-. The van der Waals surface area contributed by atoms with Crippen molar-refractivity contribution in [2.24, 2.45) is 0 Å². The van der Waals surface area contributed by atoms with E-state index in [1.807, 2.05) is 6.08 Å². The van der Waals surface area contributed by atoms with Crippen molar-refractivity contribution in [1.82, 2.24) is 0 Å². The Kier molecular flexibility index (Phi) is 59.3. The van der Waals surface area contributed by atoms with Crippen LogP contribution in [-0.2, 0) is 28.6 Å². The molecule has 0 N–H and O–H groups in total. The zero-order valence-corrected chi connectivity index (χ0v) is 48.8. The maximum Gasteiger partial charge on any atom is 0.306 e. The molecular weight excluding hydrogens is 913 g/mol. The van der Waals surface area contributed by atoms with E-state index in [2.05, 4.69) is 99.8 Å². The van der Waals surface area contributed by atoms with Gasteiger partial charge in [-0.15, -0.1) is 0 Å². The maximum absolute atomic E-state index is 12.9. The Bertz CT molecular complexity index is 1420. The maximum atomic E-state index is 12.9. The van der Waals surface area contributed by atoms with Gasteiger partial charge in [0, 0.05) is 19.3 Å². The highest BCUT2D eigenvalue weighted by Crippen LogP contribution is 2.16. The van der Waals surface area contributed by atoms with Crippen LogP contribution < -0.4 is 0 Å². The second-order valence-corrected chi connectivity index (χ2v) is 20.9. The molecule has 1 unspecified atom stereocenters. The summed E-state index contributed by atoms with van der Waals surface area (Å²) in [5.41, 5.74) is 0. The third-order valence-electron chi connectivity index (χ3n) is 13.6. The Labute approximate surface area is 458 Å². The van der Waals surface area contributed by atoms with Gasteiger partial charge in [0.2, 0.25) is 0 Å². The van der Waals surface area contributed by atoms with Crippen LogP contribution in [0, 0.1) is 0 Å². The predicted octanol–water partition coefficient (Wildman–Crippen LogP) is 21.5. The van der Waals surface area contributed by atoms with E-state index >= 15 is 0 Å². The van der Waals surface area contributed by atoms with E-state index in [1.54, 1.807) is 0 Å². The van der Waals surface area contributed by atoms with Gasteiger partial charge in [0.15, 0.2) is 6.10 Å². The van der Waals surface area contributed by atoms with Gasteiger partial charge < -0.3 is 14.2 Å². The molecule has 0 amide bonds. The first kappa shape index (κ1) is 70.6. The molecule has 0 heterocycles. The summed E-state index contributed by atoms with van der Waals surface area (Å²) in [6.07, 6.45) is 81.9. The number of hydrogen-bond acceptors (Lipinski definition) is 6. The monoisotopic (exact) mass is 1030 g/mol. The Morgan fingerprint density at radius 1 is 0.284 bits per heavy atom. The number of unbranched alkanes of at least 4 members (excludes halogenated alkanes) is 32. The summed E-state index contributed by atoms with van der Waals surface area (Å²) in [5, 5.41) is 0. The number of hydrogen-bond donors (Lipinski definition) is 0. The molecule has 1 atom stereocenters. The van der Waals surface area contributed by atoms with Crippen LogP contribution in [0.2, 0.25) is 0 Å². The molecular formula is C68H118O6.